The van der Waals surface area contributed by atoms with E-state index >= 15 is 0 Å². The van der Waals surface area contributed by atoms with Crippen LogP contribution in [0.4, 0.5) is 4.79 Å². The lowest BCUT2D eigenvalue weighted by molar-refractivity contribution is -0.0886. The Kier molecular flexibility index (Phi) is 5.98. The van der Waals surface area contributed by atoms with Crippen molar-refractivity contribution in [2.24, 2.45) is 5.92 Å². The quantitative estimate of drug-likeness (QED) is 0.831. The fourth-order valence-electron chi connectivity index (χ4n) is 4.19. The molecule has 2 amide bonds. The van der Waals surface area contributed by atoms with E-state index in [1.165, 1.54) is 0 Å². The monoisotopic (exact) mass is 388 g/mol. The van der Waals surface area contributed by atoms with Gasteiger partial charge in [-0.2, -0.15) is 0 Å². The van der Waals surface area contributed by atoms with Crippen LogP contribution in [0.25, 0.3) is 0 Å². The van der Waals surface area contributed by atoms with Gasteiger partial charge in [-0.15, -0.1) is 0 Å². The zero-order chi connectivity index (χ0) is 20.4. The van der Waals surface area contributed by atoms with Crippen molar-refractivity contribution in [2.45, 2.75) is 70.6 Å². The lowest BCUT2D eigenvalue weighted by Gasteiger charge is -2.47. The third-order valence-electron chi connectivity index (χ3n) is 5.75. The van der Waals surface area contributed by atoms with Crippen LogP contribution in [-0.4, -0.2) is 46.3 Å². The van der Waals surface area contributed by atoms with E-state index in [1.54, 1.807) is 12.1 Å². The van der Waals surface area contributed by atoms with Crippen molar-refractivity contribution in [1.82, 2.24) is 10.2 Å². The Hall–Kier alpha value is -2.08. The molecule has 0 unspecified atom stereocenters. The number of hydrogen-bond donors (Lipinski definition) is 2. The Bertz CT molecular complexity index is 710. The first-order valence-corrected chi connectivity index (χ1v) is 10.2. The highest BCUT2D eigenvalue weighted by molar-refractivity contribution is 5.94. The lowest BCUT2D eigenvalue weighted by Crippen LogP contribution is -2.54. The summed E-state index contributed by atoms with van der Waals surface area (Å²) in [6.45, 7) is 7.05. The summed E-state index contributed by atoms with van der Waals surface area (Å²) in [5, 5.41) is 13.5. The SMILES string of the molecule is CC(C)(C)OC(=O)NCc1ccc(C(=O)N2CC[C@@]3(O)CCCC[C@@H]3C2)cc1. The van der Waals surface area contributed by atoms with E-state index in [0.29, 0.717) is 31.6 Å². The summed E-state index contributed by atoms with van der Waals surface area (Å²) in [5.41, 5.74) is 0.441. The second-order valence-electron chi connectivity index (χ2n) is 9.10. The number of aliphatic hydroxyl groups is 1. The zero-order valence-corrected chi connectivity index (χ0v) is 17.2. The van der Waals surface area contributed by atoms with E-state index in [9.17, 15) is 14.7 Å². The second-order valence-corrected chi connectivity index (χ2v) is 9.10. The first kappa shape index (κ1) is 20.6. The number of piperidine rings is 1. The molecule has 0 bridgehead atoms. The van der Waals surface area contributed by atoms with Crippen LogP contribution in [-0.2, 0) is 11.3 Å². The molecule has 2 atom stereocenters. The van der Waals surface area contributed by atoms with Gasteiger partial charge in [0, 0.05) is 31.1 Å². The van der Waals surface area contributed by atoms with Crippen molar-refractivity contribution in [3.05, 3.63) is 35.4 Å². The number of alkyl carbamates (subject to hydrolysis) is 1. The highest BCUT2D eigenvalue weighted by atomic mass is 16.6. The van der Waals surface area contributed by atoms with Gasteiger partial charge in [0.1, 0.15) is 5.60 Å². The van der Waals surface area contributed by atoms with Crippen LogP contribution < -0.4 is 5.32 Å². The molecule has 2 aliphatic rings. The predicted molar refractivity (Wildman–Crippen MR) is 107 cm³/mol. The van der Waals surface area contributed by atoms with E-state index in [0.717, 1.165) is 31.2 Å². The number of nitrogens with zero attached hydrogens (tertiary/aromatic N) is 1. The molecule has 1 aliphatic heterocycles. The molecule has 0 radical (unpaired) electrons. The highest BCUT2D eigenvalue weighted by Gasteiger charge is 2.43. The number of carbonyl (C=O) groups excluding carboxylic acids is 2. The second kappa shape index (κ2) is 8.11. The molecule has 1 aliphatic carbocycles. The number of amides is 2. The molecule has 1 saturated carbocycles. The van der Waals surface area contributed by atoms with Crippen LogP contribution in [0.1, 0.15) is 68.8 Å². The maximum absolute atomic E-state index is 12.9. The Morgan fingerprint density at radius 3 is 2.61 bits per heavy atom. The first-order valence-electron chi connectivity index (χ1n) is 10.2. The van der Waals surface area contributed by atoms with Crippen LogP contribution >= 0.6 is 0 Å². The smallest absolute Gasteiger partial charge is 0.407 e. The van der Waals surface area contributed by atoms with Gasteiger partial charge in [-0.25, -0.2) is 4.79 Å². The van der Waals surface area contributed by atoms with Gasteiger partial charge in [0.15, 0.2) is 0 Å². The third kappa shape index (κ3) is 5.04. The molecule has 1 saturated heterocycles. The first-order chi connectivity index (χ1) is 13.2. The molecule has 0 spiro atoms. The number of fused-ring (bicyclic) bond motifs is 1. The van der Waals surface area contributed by atoms with Crippen molar-refractivity contribution in [3.63, 3.8) is 0 Å². The molecule has 1 aromatic carbocycles. The van der Waals surface area contributed by atoms with E-state index in [-0.39, 0.29) is 11.8 Å². The van der Waals surface area contributed by atoms with Crippen LogP contribution in [0.15, 0.2) is 24.3 Å². The number of carbonyl (C=O) groups is 2. The van der Waals surface area contributed by atoms with Gasteiger partial charge in [0.05, 0.1) is 5.60 Å². The van der Waals surface area contributed by atoms with Gasteiger partial charge in [-0.05, 0) is 57.7 Å². The number of benzene rings is 1. The van der Waals surface area contributed by atoms with Crippen molar-refractivity contribution >= 4 is 12.0 Å². The summed E-state index contributed by atoms with van der Waals surface area (Å²) in [6, 6.07) is 7.31. The molecular weight excluding hydrogens is 356 g/mol. The minimum Gasteiger partial charge on any atom is -0.444 e. The molecule has 6 heteroatoms. The fourth-order valence-corrected chi connectivity index (χ4v) is 4.19. The Labute approximate surface area is 167 Å². The zero-order valence-electron chi connectivity index (χ0n) is 17.2. The summed E-state index contributed by atoms with van der Waals surface area (Å²) >= 11 is 0. The maximum atomic E-state index is 12.9. The van der Waals surface area contributed by atoms with Crippen molar-refractivity contribution in [2.75, 3.05) is 13.1 Å². The average Bonchev–Trinajstić information content (AvgIpc) is 2.64. The molecule has 1 aromatic rings. The summed E-state index contributed by atoms with van der Waals surface area (Å²) in [7, 11) is 0. The Morgan fingerprint density at radius 1 is 1.21 bits per heavy atom. The molecule has 0 aromatic heterocycles. The third-order valence-corrected chi connectivity index (χ3v) is 5.75. The van der Waals surface area contributed by atoms with E-state index in [2.05, 4.69) is 5.32 Å². The van der Waals surface area contributed by atoms with E-state index in [1.807, 2.05) is 37.8 Å². The molecule has 2 N–H and O–H groups in total. The number of nitrogens with one attached hydrogen (secondary N) is 1. The number of ether oxygens (including phenoxy) is 1. The largest absolute Gasteiger partial charge is 0.444 e. The maximum Gasteiger partial charge on any atom is 0.407 e. The topological polar surface area (TPSA) is 78.9 Å². The number of hydrogen-bond acceptors (Lipinski definition) is 4. The van der Waals surface area contributed by atoms with Gasteiger partial charge in [0.2, 0.25) is 0 Å². The van der Waals surface area contributed by atoms with Gasteiger partial charge in [-0.1, -0.05) is 25.0 Å². The summed E-state index contributed by atoms with van der Waals surface area (Å²) in [4.78, 5) is 26.5. The number of likely N-dealkylation sites (tertiary alicyclic amines) is 1. The van der Waals surface area contributed by atoms with Crippen molar-refractivity contribution < 1.29 is 19.4 Å². The summed E-state index contributed by atoms with van der Waals surface area (Å²) in [5.74, 6) is 0.204. The fraction of sp³-hybridized carbons (Fsp3) is 0.636. The lowest BCUT2D eigenvalue weighted by atomic mass is 9.71. The molecule has 28 heavy (non-hydrogen) atoms. The minimum absolute atomic E-state index is 0.0132. The Balaban J connectivity index is 1.54. The van der Waals surface area contributed by atoms with E-state index in [4.69, 9.17) is 4.74 Å². The molecule has 3 rings (SSSR count). The van der Waals surface area contributed by atoms with Gasteiger partial charge in [-0.3, -0.25) is 4.79 Å². The van der Waals surface area contributed by atoms with Gasteiger partial charge >= 0.3 is 6.09 Å². The molecule has 154 valence electrons. The van der Waals surface area contributed by atoms with Crippen LogP contribution in [0.3, 0.4) is 0 Å². The van der Waals surface area contributed by atoms with Gasteiger partial charge in [0.25, 0.3) is 5.91 Å². The van der Waals surface area contributed by atoms with Crippen molar-refractivity contribution in [3.8, 4) is 0 Å². The van der Waals surface area contributed by atoms with E-state index < -0.39 is 17.3 Å². The summed E-state index contributed by atoms with van der Waals surface area (Å²) in [6.07, 6.45) is 4.28. The highest BCUT2D eigenvalue weighted by Crippen LogP contribution is 2.40. The Morgan fingerprint density at radius 2 is 1.93 bits per heavy atom. The van der Waals surface area contributed by atoms with Crippen LogP contribution in [0.2, 0.25) is 0 Å². The summed E-state index contributed by atoms with van der Waals surface area (Å²) < 4.78 is 5.22. The standard InChI is InChI=1S/C22H32N2O4/c1-21(2,3)28-20(26)23-14-16-7-9-17(10-8-16)19(25)24-13-12-22(27)11-5-4-6-18(22)15-24/h7-10,18,27H,4-6,11-15H2,1-3H3,(H,23,26)/t18-,22+/m1/s1. The molecule has 1 heterocycles. The van der Waals surface area contributed by atoms with Gasteiger partial charge < -0.3 is 20.1 Å². The molecular formula is C22H32N2O4. The molecule has 6 nitrogen and oxygen atoms in total. The van der Waals surface area contributed by atoms with Crippen molar-refractivity contribution in [1.29, 1.82) is 0 Å². The average molecular weight is 389 g/mol. The van der Waals surface area contributed by atoms with Crippen LogP contribution in [0.5, 0.6) is 0 Å². The number of rotatable bonds is 3. The normalized spacial score (nSPS) is 25.0. The molecule has 2 fully saturated rings. The minimum atomic E-state index is -0.577. The predicted octanol–water partition coefficient (Wildman–Crippen LogP) is 3.48. The van der Waals surface area contributed by atoms with Crippen LogP contribution in [0, 0.1) is 5.92 Å².